The highest BCUT2D eigenvalue weighted by Crippen LogP contribution is 2.20. The van der Waals surface area contributed by atoms with E-state index in [1.54, 1.807) is 0 Å². The average Bonchev–Trinajstić information content (AvgIpc) is 3.26. The predicted octanol–water partition coefficient (Wildman–Crippen LogP) is 1.75. The molecule has 2 amide bonds. The minimum Gasteiger partial charge on any atom is -0.353 e. The molecule has 0 saturated carbocycles. The number of unbranched alkanes of at least 4 members (excludes halogenated alkanes) is 1. The largest absolute Gasteiger partial charge is 0.353 e. The van der Waals surface area contributed by atoms with E-state index in [9.17, 15) is 9.59 Å². The van der Waals surface area contributed by atoms with Gasteiger partial charge in [0, 0.05) is 32.0 Å². The molecule has 2 heterocycles. The number of nitrogens with one attached hydrogen (secondary N) is 1. The number of aromatic nitrogens is 4. The van der Waals surface area contributed by atoms with E-state index in [2.05, 4.69) is 27.8 Å². The molecule has 1 aromatic heterocycles. The molecule has 1 fully saturated rings. The van der Waals surface area contributed by atoms with Crippen LogP contribution in [0.5, 0.6) is 0 Å². The van der Waals surface area contributed by atoms with Gasteiger partial charge in [-0.15, -0.1) is 5.10 Å². The van der Waals surface area contributed by atoms with Gasteiger partial charge in [-0.1, -0.05) is 43.7 Å². The molecular weight excluding hydrogens is 356 g/mol. The first-order valence-corrected chi connectivity index (χ1v) is 10.0. The van der Waals surface area contributed by atoms with Crippen LogP contribution in [0, 0.1) is 0 Å². The zero-order valence-electron chi connectivity index (χ0n) is 16.3. The number of amides is 2. The van der Waals surface area contributed by atoms with Crippen molar-refractivity contribution in [3.63, 3.8) is 0 Å². The summed E-state index contributed by atoms with van der Waals surface area (Å²) in [5.74, 6) is 0.134. The van der Waals surface area contributed by atoms with Crippen molar-refractivity contribution in [3.05, 3.63) is 42.2 Å². The van der Waals surface area contributed by atoms with Crippen LogP contribution < -0.4 is 5.32 Å². The summed E-state index contributed by atoms with van der Waals surface area (Å²) < 4.78 is 1.54. The molecule has 2 aromatic rings. The molecule has 1 aliphatic heterocycles. The second-order valence-electron chi connectivity index (χ2n) is 7.27. The number of benzene rings is 1. The van der Waals surface area contributed by atoms with Gasteiger partial charge < -0.3 is 10.2 Å². The molecule has 8 heteroatoms. The maximum absolute atomic E-state index is 13.2. The minimum atomic E-state index is -0.465. The van der Waals surface area contributed by atoms with Gasteiger partial charge in [-0.2, -0.15) is 0 Å². The second-order valence-corrected chi connectivity index (χ2v) is 7.27. The molecular formula is C20H28N6O2. The van der Waals surface area contributed by atoms with Crippen molar-refractivity contribution < 1.29 is 9.59 Å². The number of carbonyl (C=O) groups excluding carboxylic acids is 2. The van der Waals surface area contributed by atoms with Gasteiger partial charge >= 0.3 is 0 Å². The Hall–Kier alpha value is -2.77. The molecule has 1 saturated heterocycles. The molecule has 0 unspecified atom stereocenters. The lowest BCUT2D eigenvalue weighted by molar-refractivity contribution is -0.136. The van der Waals surface area contributed by atoms with Crippen LogP contribution in [0.2, 0.25) is 0 Å². The van der Waals surface area contributed by atoms with Gasteiger partial charge in [0.15, 0.2) is 0 Å². The van der Waals surface area contributed by atoms with Crippen LogP contribution in [0.15, 0.2) is 36.7 Å². The highest BCUT2D eigenvalue weighted by atomic mass is 16.2. The van der Waals surface area contributed by atoms with E-state index in [1.807, 2.05) is 35.2 Å². The highest BCUT2D eigenvalue weighted by molar-refractivity contribution is 5.81. The minimum absolute atomic E-state index is 0.0203. The van der Waals surface area contributed by atoms with Gasteiger partial charge in [0.1, 0.15) is 12.4 Å². The maximum Gasteiger partial charge on any atom is 0.247 e. The molecule has 150 valence electrons. The molecule has 28 heavy (non-hydrogen) atoms. The molecule has 8 nitrogen and oxygen atoms in total. The van der Waals surface area contributed by atoms with Crippen molar-refractivity contribution in [2.75, 3.05) is 13.1 Å². The Labute approximate surface area is 165 Å². The molecule has 1 aromatic carbocycles. The first-order valence-electron chi connectivity index (χ1n) is 10.0. The molecule has 0 radical (unpaired) electrons. The van der Waals surface area contributed by atoms with Crippen molar-refractivity contribution in [1.29, 1.82) is 0 Å². The lowest BCUT2D eigenvalue weighted by atomic mass is 10.0. The lowest BCUT2D eigenvalue weighted by Gasteiger charge is -2.34. The van der Waals surface area contributed by atoms with Gasteiger partial charge in [0.2, 0.25) is 11.8 Å². The lowest BCUT2D eigenvalue weighted by Crippen LogP contribution is -2.48. The number of carbonyl (C=O) groups is 2. The standard InChI is InChI=1S/C20H28N6O2/c1-2-3-9-19(27)22-17-10-12-25(13-11-17)20(28)18(26-15-21-23-24-26)14-16-7-5-4-6-8-16/h4-8,15,17-18H,2-3,9-14H2,1H3,(H,22,27)/t18-/m0/s1. The van der Waals surface area contributed by atoms with Crippen molar-refractivity contribution in [2.24, 2.45) is 0 Å². The van der Waals surface area contributed by atoms with Crippen molar-refractivity contribution in [2.45, 2.75) is 57.5 Å². The van der Waals surface area contributed by atoms with Crippen LogP contribution in [0.1, 0.15) is 50.6 Å². The third kappa shape index (κ3) is 5.37. The van der Waals surface area contributed by atoms with Crippen LogP contribution in [0.4, 0.5) is 0 Å². The molecule has 3 rings (SSSR count). The van der Waals surface area contributed by atoms with Gasteiger partial charge in [0.25, 0.3) is 0 Å². The first-order chi connectivity index (χ1) is 13.7. The van der Waals surface area contributed by atoms with E-state index in [0.29, 0.717) is 25.9 Å². The molecule has 1 atom stereocenters. The monoisotopic (exact) mass is 384 g/mol. The summed E-state index contributed by atoms with van der Waals surface area (Å²) in [6, 6.07) is 9.57. The summed E-state index contributed by atoms with van der Waals surface area (Å²) in [5, 5.41) is 14.4. The SMILES string of the molecule is CCCCC(=O)NC1CCN(C(=O)[C@H](Cc2ccccc2)n2cnnn2)CC1. The normalized spacial score (nSPS) is 16.0. The van der Waals surface area contributed by atoms with Crippen molar-refractivity contribution in [1.82, 2.24) is 30.4 Å². The quantitative estimate of drug-likeness (QED) is 0.748. The molecule has 0 bridgehead atoms. The van der Waals surface area contributed by atoms with Crippen LogP contribution in [0.25, 0.3) is 0 Å². The van der Waals surface area contributed by atoms with Gasteiger partial charge in [-0.3, -0.25) is 9.59 Å². The molecule has 0 spiro atoms. The summed E-state index contributed by atoms with van der Waals surface area (Å²) in [6.45, 7) is 3.34. The Kier molecular flexibility index (Phi) is 7.11. The summed E-state index contributed by atoms with van der Waals surface area (Å²) in [6.07, 6.45) is 6.09. The Bertz CT molecular complexity index is 741. The fourth-order valence-corrected chi connectivity index (χ4v) is 3.53. The summed E-state index contributed by atoms with van der Waals surface area (Å²) in [4.78, 5) is 27.0. The van der Waals surface area contributed by atoms with E-state index in [4.69, 9.17) is 0 Å². The van der Waals surface area contributed by atoms with Gasteiger partial charge in [-0.25, -0.2) is 4.68 Å². The third-order valence-corrected chi connectivity index (χ3v) is 5.17. The first kappa shape index (κ1) is 20.0. The van der Waals surface area contributed by atoms with E-state index in [-0.39, 0.29) is 17.9 Å². The fourth-order valence-electron chi connectivity index (χ4n) is 3.53. The number of tetrazole rings is 1. The van der Waals surface area contributed by atoms with E-state index in [1.165, 1.54) is 11.0 Å². The van der Waals surface area contributed by atoms with Gasteiger partial charge in [-0.05, 0) is 35.3 Å². The topological polar surface area (TPSA) is 93.0 Å². The summed E-state index contributed by atoms with van der Waals surface area (Å²) in [5.41, 5.74) is 1.06. The summed E-state index contributed by atoms with van der Waals surface area (Å²) in [7, 11) is 0. The Balaban J connectivity index is 1.59. The number of rotatable bonds is 8. The van der Waals surface area contributed by atoms with Crippen molar-refractivity contribution >= 4 is 11.8 Å². The second kappa shape index (κ2) is 9.96. The van der Waals surface area contributed by atoms with Crippen LogP contribution in [0.3, 0.4) is 0 Å². The highest BCUT2D eigenvalue weighted by Gasteiger charge is 2.30. The third-order valence-electron chi connectivity index (χ3n) is 5.17. The van der Waals surface area contributed by atoms with E-state index in [0.717, 1.165) is 31.2 Å². The zero-order valence-corrected chi connectivity index (χ0v) is 16.3. The Morgan fingerprint density at radius 2 is 1.96 bits per heavy atom. The molecule has 0 aliphatic carbocycles. The van der Waals surface area contributed by atoms with E-state index < -0.39 is 6.04 Å². The molecule has 1 N–H and O–H groups in total. The average molecular weight is 384 g/mol. The van der Waals surface area contributed by atoms with Crippen molar-refractivity contribution in [3.8, 4) is 0 Å². The Morgan fingerprint density at radius 1 is 1.21 bits per heavy atom. The van der Waals surface area contributed by atoms with Gasteiger partial charge in [0.05, 0.1) is 0 Å². The van der Waals surface area contributed by atoms with Crippen LogP contribution in [-0.4, -0.2) is 56.1 Å². The molecule has 1 aliphatic rings. The maximum atomic E-state index is 13.2. The number of hydrogen-bond donors (Lipinski definition) is 1. The number of piperidine rings is 1. The van der Waals surface area contributed by atoms with E-state index >= 15 is 0 Å². The van der Waals surface area contributed by atoms with Crippen LogP contribution >= 0.6 is 0 Å². The van der Waals surface area contributed by atoms with Crippen LogP contribution in [-0.2, 0) is 16.0 Å². The number of nitrogens with zero attached hydrogens (tertiary/aromatic N) is 5. The smallest absolute Gasteiger partial charge is 0.247 e. The summed E-state index contributed by atoms with van der Waals surface area (Å²) >= 11 is 0. The number of hydrogen-bond acceptors (Lipinski definition) is 5. The number of likely N-dealkylation sites (tertiary alicyclic amines) is 1. The fraction of sp³-hybridized carbons (Fsp3) is 0.550. The predicted molar refractivity (Wildman–Crippen MR) is 104 cm³/mol. The Morgan fingerprint density at radius 3 is 2.61 bits per heavy atom. The zero-order chi connectivity index (χ0) is 19.8.